The van der Waals surface area contributed by atoms with Gasteiger partial charge in [-0.05, 0) is 24.5 Å². The summed E-state index contributed by atoms with van der Waals surface area (Å²) in [6, 6.07) is 4.10. The highest BCUT2D eigenvalue weighted by atomic mass is 16.3. The van der Waals surface area contributed by atoms with Crippen LogP contribution in [0.1, 0.15) is 19.1 Å². The number of carbonyl (C=O) groups excluding carboxylic acids is 1. The van der Waals surface area contributed by atoms with Crippen molar-refractivity contribution in [3.05, 3.63) is 24.2 Å². The minimum atomic E-state index is -0.0943. The molecule has 1 aromatic heterocycles. The number of aliphatic imine (C=N–C) groups is 1. The van der Waals surface area contributed by atoms with Crippen molar-refractivity contribution in [2.24, 2.45) is 10.9 Å². The Morgan fingerprint density at radius 1 is 1.53 bits per heavy atom. The van der Waals surface area contributed by atoms with Gasteiger partial charge in [-0.1, -0.05) is 6.92 Å². The number of furan rings is 1. The largest absolute Gasteiger partial charge is 0.467 e. The zero-order valence-corrected chi connectivity index (χ0v) is 11.3. The Morgan fingerprint density at radius 2 is 2.32 bits per heavy atom. The van der Waals surface area contributed by atoms with E-state index in [-0.39, 0.29) is 12.5 Å². The van der Waals surface area contributed by atoms with Crippen molar-refractivity contribution in [2.45, 2.75) is 25.9 Å². The first-order chi connectivity index (χ1) is 9.19. The monoisotopic (exact) mass is 264 g/mol. The van der Waals surface area contributed by atoms with Gasteiger partial charge in [-0.25, -0.2) is 0 Å². The van der Waals surface area contributed by atoms with Crippen LogP contribution in [0.2, 0.25) is 0 Å². The molecule has 0 bridgehead atoms. The third kappa shape index (κ3) is 4.31. The van der Waals surface area contributed by atoms with E-state index in [0.29, 0.717) is 24.5 Å². The van der Waals surface area contributed by atoms with Crippen LogP contribution in [-0.2, 0) is 11.3 Å². The van der Waals surface area contributed by atoms with Crippen molar-refractivity contribution < 1.29 is 9.21 Å². The zero-order chi connectivity index (χ0) is 13.7. The maximum Gasteiger partial charge on any atom is 0.239 e. The molecular weight excluding hydrogens is 244 g/mol. The second kappa shape index (κ2) is 6.26. The van der Waals surface area contributed by atoms with E-state index in [4.69, 9.17) is 4.42 Å². The van der Waals surface area contributed by atoms with Gasteiger partial charge in [0.05, 0.1) is 19.4 Å². The summed E-state index contributed by atoms with van der Waals surface area (Å²) in [6.45, 7) is 2.78. The fraction of sp³-hybridized carbons (Fsp3) is 0.538. The first kappa shape index (κ1) is 13.5. The molecule has 104 valence electrons. The summed E-state index contributed by atoms with van der Waals surface area (Å²) in [4.78, 5) is 15.7. The first-order valence-corrected chi connectivity index (χ1v) is 6.45. The maximum absolute atomic E-state index is 11.6. The molecule has 0 aliphatic heterocycles. The Morgan fingerprint density at radius 3 is 2.89 bits per heavy atom. The predicted molar refractivity (Wildman–Crippen MR) is 72.6 cm³/mol. The van der Waals surface area contributed by atoms with E-state index in [1.807, 2.05) is 6.07 Å². The van der Waals surface area contributed by atoms with E-state index in [1.165, 1.54) is 0 Å². The van der Waals surface area contributed by atoms with E-state index in [1.54, 1.807) is 19.4 Å². The number of nitrogens with one attached hydrogen (secondary N) is 3. The lowest BCUT2D eigenvalue weighted by Crippen LogP contribution is -2.44. The number of hydrogen-bond donors (Lipinski definition) is 3. The molecule has 1 saturated carbocycles. The Kier molecular flexibility index (Phi) is 4.43. The zero-order valence-electron chi connectivity index (χ0n) is 11.3. The summed E-state index contributed by atoms with van der Waals surface area (Å²) in [5, 5.41) is 9.01. The van der Waals surface area contributed by atoms with E-state index < -0.39 is 0 Å². The second-order valence-corrected chi connectivity index (χ2v) is 4.75. The fourth-order valence-electron chi connectivity index (χ4n) is 1.72. The molecule has 1 fully saturated rings. The van der Waals surface area contributed by atoms with Gasteiger partial charge in [-0.15, -0.1) is 0 Å². The highest BCUT2D eigenvalue weighted by Gasteiger charge is 2.33. The van der Waals surface area contributed by atoms with Gasteiger partial charge in [0, 0.05) is 13.1 Å². The fourth-order valence-corrected chi connectivity index (χ4v) is 1.72. The van der Waals surface area contributed by atoms with E-state index in [9.17, 15) is 4.79 Å². The summed E-state index contributed by atoms with van der Waals surface area (Å²) in [7, 11) is 1.70. The molecule has 0 radical (unpaired) electrons. The number of guanidine groups is 1. The Hall–Kier alpha value is -1.98. The van der Waals surface area contributed by atoms with Crippen LogP contribution in [0.3, 0.4) is 0 Å². The number of rotatable bonds is 5. The van der Waals surface area contributed by atoms with Crippen LogP contribution in [0.25, 0.3) is 0 Å². The average Bonchev–Trinajstić information content (AvgIpc) is 2.90. The number of amides is 1. The standard InChI is InChI=1S/C13H20N4O2/c1-9-6-11(9)17-13(14-2)16-8-12(18)15-7-10-4-3-5-19-10/h3-5,9,11H,6-8H2,1-2H3,(H,15,18)(H2,14,16,17). The molecule has 2 rings (SSSR count). The summed E-state index contributed by atoms with van der Waals surface area (Å²) in [6.07, 6.45) is 2.74. The van der Waals surface area contributed by atoms with Crippen molar-refractivity contribution in [2.75, 3.05) is 13.6 Å². The second-order valence-electron chi connectivity index (χ2n) is 4.75. The van der Waals surface area contributed by atoms with Crippen LogP contribution in [0.5, 0.6) is 0 Å². The van der Waals surface area contributed by atoms with Crippen LogP contribution in [0.15, 0.2) is 27.8 Å². The van der Waals surface area contributed by atoms with E-state index in [2.05, 4.69) is 27.9 Å². The average molecular weight is 264 g/mol. The van der Waals surface area contributed by atoms with Crippen molar-refractivity contribution in [3.8, 4) is 0 Å². The van der Waals surface area contributed by atoms with Gasteiger partial charge in [0.15, 0.2) is 5.96 Å². The van der Waals surface area contributed by atoms with E-state index in [0.717, 1.165) is 12.2 Å². The lowest BCUT2D eigenvalue weighted by Gasteiger charge is -2.11. The lowest BCUT2D eigenvalue weighted by molar-refractivity contribution is -0.120. The van der Waals surface area contributed by atoms with Crippen LogP contribution in [0.4, 0.5) is 0 Å². The SMILES string of the molecule is CN=C(NCC(=O)NCc1ccco1)NC1CC1C. The predicted octanol–water partition coefficient (Wildman–Crippen LogP) is 0.469. The highest BCUT2D eigenvalue weighted by molar-refractivity contribution is 5.86. The molecule has 1 aliphatic carbocycles. The Bertz CT molecular complexity index is 442. The normalized spacial score (nSPS) is 21.9. The molecule has 1 amide bonds. The molecular formula is C13H20N4O2. The molecule has 1 aliphatic rings. The van der Waals surface area contributed by atoms with Crippen molar-refractivity contribution in [3.63, 3.8) is 0 Å². The van der Waals surface area contributed by atoms with Gasteiger partial charge >= 0.3 is 0 Å². The molecule has 6 heteroatoms. The van der Waals surface area contributed by atoms with Crippen molar-refractivity contribution >= 4 is 11.9 Å². The Balaban J connectivity index is 1.64. The quantitative estimate of drug-likeness (QED) is 0.533. The van der Waals surface area contributed by atoms with Crippen molar-refractivity contribution in [1.82, 2.24) is 16.0 Å². The molecule has 19 heavy (non-hydrogen) atoms. The van der Waals surface area contributed by atoms with Crippen LogP contribution >= 0.6 is 0 Å². The smallest absolute Gasteiger partial charge is 0.239 e. The maximum atomic E-state index is 11.6. The highest BCUT2D eigenvalue weighted by Crippen LogP contribution is 2.28. The van der Waals surface area contributed by atoms with Crippen molar-refractivity contribution in [1.29, 1.82) is 0 Å². The minimum absolute atomic E-state index is 0.0943. The third-order valence-corrected chi connectivity index (χ3v) is 3.11. The van der Waals surface area contributed by atoms with Crippen LogP contribution in [-0.4, -0.2) is 31.5 Å². The topological polar surface area (TPSA) is 78.7 Å². The summed E-state index contributed by atoms with van der Waals surface area (Å²) in [5.74, 6) is 2.00. The van der Waals surface area contributed by atoms with Crippen LogP contribution in [0, 0.1) is 5.92 Å². The molecule has 1 aromatic rings. The molecule has 0 aromatic carbocycles. The molecule has 0 spiro atoms. The summed E-state index contributed by atoms with van der Waals surface area (Å²) >= 11 is 0. The molecule has 2 atom stereocenters. The molecule has 3 N–H and O–H groups in total. The van der Waals surface area contributed by atoms with Gasteiger partial charge in [-0.2, -0.15) is 0 Å². The molecule has 1 heterocycles. The molecule has 6 nitrogen and oxygen atoms in total. The van der Waals surface area contributed by atoms with E-state index >= 15 is 0 Å². The Labute approximate surface area is 112 Å². The summed E-state index contributed by atoms with van der Waals surface area (Å²) < 4.78 is 5.13. The van der Waals surface area contributed by atoms with Gasteiger partial charge < -0.3 is 20.4 Å². The van der Waals surface area contributed by atoms with Gasteiger partial charge in [0.1, 0.15) is 5.76 Å². The molecule has 0 saturated heterocycles. The third-order valence-electron chi connectivity index (χ3n) is 3.11. The van der Waals surface area contributed by atoms with Gasteiger partial charge in [0.2, 0.25) is 5.91 Å². The number of nitrogens with zero attached hydrogens (tertiary/aromatic N) is 1. The van der Waals surface area contributed by atoms with Gasteiger partial charge in [0.25, 0.3) is 0 Å². The lowest BCUT2D eigenvalue weighted by atomic mass is 10.4. The minimum Gasteiger partial charge on any atom is -0.467 e. The number of carbonyl (C=O) groups is 1. The van der Waals surface area contributed by atoms with Crippen LogP contribution < -0.4 is 16.0 Å². The molecule has 2 unspecified atom stereocenters. The first-order valence-electron chi connectivity index (χ1n) is 6.45. The summed E-state index contributed by atoms with van der Waals surface area (Å²) in [5.41, 5.74) is 0. The number of hydrogen-bond acceptors (Lipinski definition) is 3. The van der Waals surface area contributed by atoms with Gasteiger partial charge in [-0.3, -0.25) is 9.79 Å².